The Hall–Kier alpha value is -3.91. The Balaban J connectivity index is 1.54. The predicted octanol–water partition coefficient (Wildman–Crippen LogP) is -0.347. The van der Waals surface area contributed by atoms with Crippen LogP contribution in [0.15, 0.2) is 49.1 Å². The molecule has 0 unspecified atom stereocenters. The van der Waals surface area contributed by atoms with Crippen molar-refractivity contribution in [3.63, 3.8) is 0 Å². The van der Waals surface area contributed by atoms with Gasteiger partial charge in [-0.25, -0.2) is 9.67 Å². The maximum Gasteiger partial charge on any atom is 0.254 e. The van der Waals surface area contributed by atoms with Crippen LogP contribution in [0.1, 0.15) is 23.8 Å². The zero-order valence-corrected chi connectivity index (χ0v) is 19.2. The lowest BCUT2D eigenvalue weighted by Crippen LogP contribution is -2.33. The van der Waals surface area contributed by atoms with Crippen LogP contribution in [0.3, 0.4) is 0 Å². The van der Waals surface area contributed by atoms with Crippen molar-refractivity contribution in [3.8, 4) is 5.95 Å². The molecule has 1 amide bonds. The minimum atomic E-state index is -1.30. The van der Waals surface area contributed by atoms with Crippen molar-refractivity contribution in [1.29, 1.82) is 0 Å². The molecular weight excluding hydrogens is 468 g/mol. The lowest BCUT2D eigenvalue weighted by atomic mass is 10.1. The Kier molecular flexibility index (Phi) is 6.61. The van der Waals surface area contributed by atoms with E-state index in [2.05, 4.69) is 25.4 Å². The van der Waals surface area contributed by atoms with E-state index in [0.717, 1.165) is 11.1 Å². The molecule has 1 fully saturated rings. The van der Waals surface area contributed by atoms with Gasteiger partial charge in [-0.15, -0.1) is 0 Å². The third kappa shape index (κ3) is 4.64. The van der Waals surface area contributed by atoms with Crippen LogP contribution in [0, 0.1) is 0 Å². The first-order chi connectivity index (χ1) is 17.4. The number of benzene rings is 1. The first kappa shape index (κ1) is 23.8. The number of anilines is 1. The van der Waals surface area contributed by atoms with Crippen molar-refractivity contribution in [2.45, 2.75) is 43.9 Å². The number of rotatable bonds is 9. The first-order valence-electron chi connectivity index (χ1n) is 11.4. The van der Waals surface area contributed by atoms with Gasteiger partial charge in [-0.2, -0.15) is 15.1 Å². The van der Waals surface area contributed by atoms with Gasteiger partial charge in [0, 0.05) is 19.2 Å². The molecule has 13 nitrogen and oxygen atoms in total. The smallest absolute Gasteiger partial charge is 0.254 e. The second-order valence-electron chi connectivity index (χ2n) is 8.52. The van der Waals surface area contributed by atoms with Crippen molar-refractivity contribution < 1.29 is 24.9 Å². The Morgan fingerprint density at radius 2 is 1.94 bits per heavy atom. The fourth-order valence-corrected chi connectivity index (χ4v) is 4.07. The fraction of sp³-hybridized carbons (Fsp3) is 0.348. The molecule has 6 N–H and O–H groups in total. The number of hydrogen-bond donors (Lipinski definition) is 5. The molecule has 0 saturated carbocycles. The average Bonchev–Trinajstić information content (AvgIpc) is 3.60. The number of nitrogens with zero attached hydrogens (tertiary/aromatic N) is 6. The molecule has 3 aromatic heterocycles. The van der Waals surface area contributed by atoms with Crippen LogP contribution in [0.2, 0.25) is 0 Å². The van der Waals surface area contributed by atoms with Crippen LogP contribution in [0.4, 0.5) is 5.82 Å². The third-order valence-corrected chi connectivity index (χ3v) is 6.00. The molecule has 1 aromatic carbocycles. The number of amides is 1. The second-order valence-corrected chi connectivity index (χ2v) is 8.52. The number of aliphatic hydroxyl groups is 3. The molecule has 36 heavy (non-hydrogen) atoms. The maximum atomic E-state index is 11.1. The normalized spacial score (nSPS) is 21.8. The highest BCUT2D eigenvalue weighted by atomic mass is 16.6. The van der Waals surface area contributed by atoms with E-state index in [0.29, 0.717) is 29.9 Å². The van der Waals surface area contributed by atoms with Crippen molar-refractivity contribution in [1.82, 2.24) is 29.3 Å². The lowest BCUT2D eigenvalue weighted by Gasteiger charge is -2.17. The number of aryl methyl sites for hydroxylation is 1. The number of nitrogens with one attached hydrogen (secondary N) is 1. The summed E-state index contributed by atoms with van der Waals surface area (Å²) in [5.74, 6) is 0.241. The molecular formula is C23H26N8O5. The van der Waals surface area contributed by atoms with E-state index in [1.54, 1.807) is 12.4 Å². The van der Waals surface area contributed by atoms with Gasteiger partial charge < -0.3 is 31.1 Å². The number of ether oxygens (including phenoxy) is 1. The van der Waals surface area contributed by atoms with E-state index >= 15 is 0 Å². The van der Waals surface area contributed by atoms with Crippen LogP contribution in [-0.2, 0) is 22.5 Å². The number of carbonyl (C=O) groups excluding carboxylic acids is 1. The lowest BCUT2D eigenvalue weighted by molar-refractivity contribution is -0.117. The molecule has 188 valence electrons. The molecule has 0 aliphatic carbocycles. The summed E-state index contributed by atoms with van der Waals surface area (Å²) in [7, 11) is 0. The highest BCUT2D eigenvalue weighted by Gasteiger charge is 2.44. The summed E-state index contributed by atoms with van der Waals surface area (Å²) in [6, 6.07) is 9.75. The van der Waals surface area contributed by atoms with Crippen LogP contribution in [-0.4, -0.2) is 75.4 Å². The van der Waals surface area contributed by atoms with Crippen LogP contribution < -0.4 is 11.1 Å². The number of hydrogen-bond acceptors (Lipinski definition) is 10. The van der Waals surface area contributed by atoms with Crippen LogP contribution >= 0.6 is 0 Å². The van der Waals surface area contributed by atoms with Gasteiger partial charge in [0.2, 0.25) is 5.91 Å². The van der Waals surface area contributed by atoms with Crippen molar-refractivity contribution in [3.05, 3.63) is 60.2 Å². The van der Waals surface area contributed by atoms with Gasteiger partial charge in [-0.1, -0.05) is 30.3 Å². The second kappa shape index (κ2) is 9.99. The van der Waals surface area contributed by atoms with Gasteiger partial charge >= 0.3 is 0 Å². The van der Waals surface area contributed by atoms with Crippen LogP contribution in [0.5, 0.6) is 0 Å². The summed E-state index contributed by atoms with van der Waals surface area (Å²) in [6.45, 7) is 0.0168. The summed E-state index contributed by atoms with van der Waals surface area (Å²) in [5.41, 5.74) is 7.82. The summed E-state index contributed by atoms with van der Waals surface area (Å²) in [6.07, 6.45) is 0.837. The number of imidazole rings is 1. The Morgan fingerprint density at radius 3 is 2.67 bits per heavy atom. The maximum absolute atomic E-state index is 11.1. The SMILES string of the molecule is NC(=O)CCc1cnn(-c2nc(NCc3ccccc3)c3ncn([C@@H]4O[C@H](CO)[C@@H](O)[C@@H]4O)c3n2)c1. The van der Waals surface area contributed by atoms with Gasteiger partial charge in [0.05, 0.1) is 19.1 Å². The number of carbonyl (C=O) groups is 1. The minimum absolute atomic E-state index is 0.188. The molecule has 0 spiro atoms. The van der Waals surface area contributed by atoms with E-state index in [4.69, 9.17) is 10.5 Å². The zero-order chi connectivity index (χ0) is 25.2. The van der Waals surface area contributed by atoms with E-state index < -0.39 is 37.1 Å². The first-order valence-corrected chi connectivity index (χ1v) is 11.4. The summed E-state index contributed by atoms with van der Waals surface area (Å²) in [4.78, 5) is 24.8. The molecule has 0 bridgehead atoms. The number of primary amides is 1. The fourth-order valence-electron chi connectivity index (χ4n) is 4.07. The third-order valence-electron chi connectivity index (χ3n) is 6.00. The summed E-state index contributed by atoms with van der Waals surface area (Å²) < 4.78 is 8.65. The number of aromatic nitrogens is 6. The zero-order valence-electron chi connectivity index (χ0n) is 19.2. The van der Waals surface area contributed by atoms with Gasteiger partial charge in [0.15, 0.2) is 23.2 Å². The van der Waals surface area contributed by atoms with E-state index in [1.165, 1.54) is 15.6 Å². The van der Waals surface area contributed by atoms with Crippen LogP contribution in [0.25, 0.3) is 17.1 Å². The molecule has 5 rings (SSSR count). The van der Waals surface area contributed by atoms with Crippen molar-refractivity contribution in [2.24, 2.45) is 5.73 Å². The van der Waals surface area contributed by atoms with Gasteiger partial charge in [0.1, 0.15) is 18.3 Å². The Bertz CT molecular complexity index is 1360. The van der Waals surface area contributed by atoms with Gasteiger partial charge in [0.25, 0.3) is 5.95 Å². The largest absolute Gasteiger partial charge is 0.394 e. The molecule has 4 heterocycles. The molecule has 0 radical (unpaired) electrons. The van der Waals surface area contributed by atoms with Gasteiger partial charge in [-0.3, -0.25) is 9.36 Å². The molecule has 1 aliphatic rings. The van der Waals surface area contributed by atoms with E-state index in [9.17, 15) is 20.1 Å². The Morgan fingerprint density at radius 1 is 1.14 bits per heavy atom. The van der Waals surface area contributed by atoms with Crippen molar-refractivity contribution in [2.75, 3.05) is 11.9 Å². The van der Waals surface area contributed by atoms with Gasteiger partial charge in [-0.05, 0) is 17.5 Å². The number of nitrogens with two attached hydrogens (primary N) is 1. The molecule has 13 heteroatoms. The topological polar surface area (TPSA) is 186 Å². The predicted molar refractivity (Wildman–Crippen MR) is 127 cm³/mol. The minimum Gasteiger partial charge on any atom is -0.394 e. The van der Waals surface area contributed by atoms with Crippen molar-refractivity contribution >= 4 is 22.9 Å². The quantitative estimate of drug-likeness (QED) is 0.206. The summed E-state index contributed by atoms with van der Waals surface area (Å²) in [5, 5.41) is 37.9. The molecule has 4 aromatic rings. The molecule has 1 saturated heterocycles. The number of aliphatic hydroxyl groups excluding tert-OH is 3. The molecule has 1 aliphatic heterocycles. The molecule has 4 atom stereocenters. The Labute approximate surface area is 205 Å². The highest BCUT2D eigenvalue weighted by Crippen LogP contribution is 2.32. The van der Waals surface area contributed by atoms with E-state index in [-0.39, 0.29) is 12.4 Å². The average molecular weight is 495 g/mol. The summed E-state index contributed by atoms with van der Waals surface area (Å²) >= 11 is 0. The van der Waals surface area contributed by atoms with E-state index in [1.807, 2.05) is 30.3 Å². The number of fused-ring (bicyclic) bond motifs is 1. The highest BCUT2D eigenvalue weighted by molar-refractivity contribution is 5.83. The monoisotopic (exact) mass is 494 g/mol. The standard InChI is InChI=1S/C23H26N8O5/c24-16(33)7-6-14-9-27-31(10-14)23-28-20(25-8-13-4-2-1-3-5-13)17-21(29-23)30(12-26-17)22-19(35)18(34)15(11-32)36-22/h1-5,9-10,12,15,18-19,22,32,34-35H,6-8,11H2,(H2,24,33)(H,25,28,29)/t15-,18-,19+,22-/m1/s1.